The van der Waals surface area contributed by atoms with E-state index in [0.717, 1.165) is 36.0 Å². The van der Waals surface area contributed by atoms with Crippen molar-refractivity contribution in [3.8, 4) is 5.75 Å². The minimum atomic E-state index is 0.605. The summed E-state index contributed by atoms with van der Waals surface area (Å²) < 4.78 is 7.74. The van der Waals surface area contributed by atoms with Crippen LogP contribution in [0.15, 0.2) is 18.2 Å². The molecular formula is C16H21ClN2O. The van der Waals surface area contributed by atoms with Crippen molar-refractivity contribution in [2.45, 2.75) is 38.6 Å². The van der Waals surface area contributed by atoms with Crippen molar-refractivity contribution in [1.82, 2.24) is 9.55 Å². The van der Waals surface area contributed by atoms with Crippen LogP contribution in [0.5, 0.6) is 5.75 Å². The topological polar surface area (TPSA) is 27.1 Å². The molecule has 0 aliphatic heterocycles. The Balaban J connectivity index is 1.90. The molecular weight excluding hydrogens is 272 g/mol. The van der Waals surface area contributed by atoms with Crippen LogP contribution in [0.4, 0.5) is 0 Å². The zero-order valence-electron chi connectivity index (χ0n) is 11.9. The van der Waals surface area contributed by atoms with Crippen molar-refractivity contribution in [2.24, 2.45) is 5.92 Å². The number of alkyl halides is 1. The number of nitrogens with zero attached hydrogens (tertiary/aromatic N) is 2. The maximum absolute atomic E-state index is 5.92. The third-order valence-corrected chi connectivity index (χ3v) is 4.24. The predicted octanol–water partition coefficient (Wildman–Crippen LogP) is 4.02. The number of hydrogen-bond donors (Lipinski definition) is 0. The van der Waals surface area contributed by atoms with Crippen LogP contribution >= 0.6 is 11.6 Å². The van der Waals surface area contributed by atoms with Crippen LogP contribution in [-0.2, 0) is 13.0 Å². The number of methoxy groups -OCH3 is 1. The smallest absolute Gasteiger partial charge is 0.146 e. The molecule has 0 spiro atoms. The third kappa shape index (κ3) is 2.78. The van der Waals surface area contributed by atoms with Gasteiger partial charge in [-0.25, -0.2) is 4.98 Å². The van der Waals surface area contributed by atoms with Crippen LogP contribution in [0, 0.1) is 5.92 Å². The Bertz CT molecular complexity index is 589. The lowest BCUT2D eigenvalue weighted by Gasteiger charge is -2.08. The second-order valence-electron chi connectivity index (χ2n) is 5.53. The molecule has 1 saturated carbocycles. The molecule has 1 aromatic heterocycles. The van der Waals surface area contributed by atoms with E-state index in [1.807, 2.05) is 12.1 Å². The molecule has 2 aromatic rings. The lowest BCUT2D eigenvalue weighted by Crippen LogP contribution is -2.05. The summed E-state index contributed by atoms with van der Waals surface area (Å²) in [6.07, 6.45) is 6.22. The van der Waals surface area contributed by atoms with Crippen molar-refractivity contribution in [1.29, 1.82) is 0 Å². The number of halogens is 1. The van der Waals surface area contributed by atoms with E-state index < -0.39 is 0 Å². The van der Waals surface area contributed by atoms with Gasteiger partial charge in [-0.3, -0.25) is 0 Å². The lowest BCUT2D eigenvalue weighted by molar-refractivity contribution is 0.419. The summed E-state index contributed by atoms with van der Waals surface area (Å²) in [5, 5.41) is 0. The molecule has 0 unspecified atom stereocenters. The summed E-state index contributed by atoms with van der Waals surface area (Å²) in [5.41, 5.74) is 2.13. The number of imidazole rings is 1. The van der Waals surface area contributed by atoms with Gasteiger partial charge in [-0.1, -0.05) is 18.9 Å². The van der Waals surface area contributed by atoms with Gasteiger partial charge in [0.05, 0.1) is 12.6 Å². The van der Waals surface area contributed by atoms with Crippen molar-refractivity contribution >= 4 is 22.6 Å². The maximum Gasteiger partial charge on any atom is 0.146 e. The van der Waals surface area contributed by atoms with Crippen LogP contribution in [0.3, 0.4) is 0 Å². The lowest BCUT2D eigenvalue weighted by atomic mass is 10.2. The monoisotopic (exact) mass is 292 g/mol. The van der Waals surface area contributed by atoms with Gasteiger partial charge in [0.2, 0.25) is 0 Å². The Kier molecular flexibility index (Phi) is 4.16. The Morgan fingerprint density at radius 3 is 2.95 bits per heavy atom. The molecule has 3 nitrogen and oxygen atoms in total. The molecule has 108 valence electrons. The fraction of sp³-hybridized carbons (Fsp3) is 0.562. The van der Waals surface area contributed by atoms with Gasteiger partial charge in [0.25, 0.3) is 0 Å². The van der Waals surface area contributed by atoms with Gasteiger partial charge in [0.1, 0.15) is 17.1 Å². The van der Waals surface area contributed by atoms with Gasteiger partial charge >= 0.3 is 0 Å². The number of aromatic nitrogens is 2. The van der Waals surface area contributed by atoms with Crippen LogP contribution < -0.4 is 4.74 Å². The molecule has 1 aromatic carbocycles. The average molecular weight is 293 g/mol. The van der Waals surface area contributed by atoms with E-state index in [2.05, 4.69) is 10.6 Å². The largest absolute Gasteiger partial charge is 0.494 e. The Hall–Kier alpha value is -1.22. The zero-order chi connectivity index (χ0) is 13.9. The number of rotatable bonds is 7. The van der Waals surface area contributed by atoms with Gasteiger partial charge in [-0.2, -0.15) is 0 Å². The highest BCUT2D eigenvalue weighted by Gasteiger charge is 2.21. The molecule has 4 heteroatoms. The molecule has 0 amide bonds. The summed E-state index contributed by atoms with van der Waals surface area (Å²) in [6, 6.07) is 6.12. The number of hydrogen-bond acceptors (Lipinski definition) is 2. The number of aryl methyl sites for hydroxylation is 2. The van der Waals surface area contributed by atoms with Gasteiger partial charge in [0, 0.05) is 18.8 Å². The van der Waals surface area contributed by atoms with Crippen LogP contribution in [0.2, 0.25) is 0 Å². The first-order valence-corrected chi connectivity index (χ1v) is 7.95. The minimum absolute atomic E-state index is 0.605. The number of ether oxygens (including phenoxy) is 1. The zero-order valence-corrected chi connectivity index (χ0v) is 12.7. The van der Waals surface area contributed by atoms with E-state index in [4.69, 9.17) is 21.3 Å². The molecule has 20 heavy (non-hydrogen) atoms. The van der Waals surface area contributed by atoms with Gasteiger partial charge in [-0.15, -0.1) is 11.6 Å². The second-order valence-corrected chi connectivity index (χ2v) is 5.91. The fourth-order valence-corrected chi connectivity index (χ4v) is 2.97. The van der Waals surface area contributed by atoms with Gasteiger partial charge < -0.3 is 9.30 Å². The van der Waals surface area contributed by atoms with Crippen molar-refractivity contribution in [3.63, 3.8) is 0 Å². The van der Waals surface area contributed by atoms with Gasteiger partial charge in [0.15, 0.2) is 0 Å². The number of fused-ring (bicyclic) bond motifs is 1. The van der Waals surface area contributed by atoms with E-state index in [0.29, 0.717) is 5.88 Å². The first-order valence-electron chi connectivity index (χ1n) is 7.41. The number of para-hydroxylation sites is 1. The standard InChI is InChI=1S/C16H21ClN2O/c1-20-14-6-2-5-13-16(14)18-15(9-10-17)19(13)11-3-4-12-7-8-12/h2,5-6,12H,3-4,7-11H2,1H3. The quantitative estimate of drug-likeness (QED) is 0.721. The summed E-state index contributed by atoms with van der Waals surface area (Å²) >= 11 is 5.92. The average Bonchev–Trinajstić information content (AvgIpc) is 3.22. The first-order chi connectivity index (χ1) is 9.83. The molecule has 0 N–H and O–H groups in total. The highest BCUT2D eigenvalue weighted by Crippen LogP contribution is 2.34. The van der Waals surface area contributed by atoms with E-state index in [1.165, 1.54) is 31.2 Å². The SMILES string of the molecule is COc1cccc2c1nc(CCCl)n2CCCC1CC1. The molecule has 1 heterocycles. The Labute approximate surface area is 124 Å². The minimum Gasteiger partial charge on any atom is -0.494 e. The molecule has 0 bridgehead atoms. The molecule has 0 radical (unpaired) electrons. The normalized spacial score (nSPS) is 14.9. The van der Waals surface area contributed by atoms with E-state index in [9.17, 15) is 0 Å². The fourth-order valence-electron chi connectivity index (χ4n) is 2.80. The molecule has 0 atom stereocenters. The van der Waals surface area contributed by atoms with Crippen LogP contribution in [0.1, 0.15) is 31.5 Å². The number of benzene rings is 1. The maximum atomic E-state index is 5.92. The summed E-state index contributed by atoms with van der Waals surface area (Å²) in [4.78, 5) is 4.74. The molecule has 1 aliphatic rings. The molecule has 3 rings (SSSR count). The van der Waals surface area contributed by atoms with Crippen LogP contribution in [-0.4, -0.2) is 22.5 Å². The van der Waals surface area contributed by atoms with E-state index in [1.54, 1.807) is 7.11 Å². The van der Waals surface area contributed by atoms with Crippen LogP contribution in [0.25, 0.3) is 11.0 Å². The molecule has 1 fully saturated rings. The van der Waals surface area contributed by atoms with E-state index >= 15 is 0 Å². The Morgan fingerprint density at radius 1 is 1.40 bits per heavy atom. The van der Waals surface area contributed by atoms with Crippen molar-refractivity contribution in [2.75, 3.05) is 13.0 Å². The summed E-state index contributed by atoms with van der Waals surface area (Å²) in [5.74, 6) is 3.51. The highest BCUT2D eigenvalue weighted by atomic mass is 35.5. The Morgan fingerprint density at radius 2 is 2.25 bits per heavy atom. The summed E-state index contributed by atoms with van der Waals surface area (Å²) in [6.45, 7) is 1.03. The molecule has 1 aliphatic carbocycles. The second kappa shape index (κ2) is 6.04. The van der Waals surface area contributed by atoms with Crippen molar-refractivity contribution < 1.29 is 4.74 Å². The third-order valence-electron chi connectivity index (χ3n) is 4.05. The predicted molar refractivity (Wildman–Crippen MR) is 82.7 cm³/mol. The highest BCUT2D eigenvalue weighted by molar-refractivity contribution is 6.17. The van der Waals surface area contributed by atoms with Gasteiger partial charge in [-0.05, 0) is 30.9 Å². The van der Waals surface area contributed by atoms with E-state index in [-0.39, 0.29) is 0 Å². The first kappa shape index (κ1) is 13.7. The molecule has 0 saturated heterocycles. The van der Waals surface area contributed by atoms with Crippen molar-refractivity contribution in [3.05, 3.63) is 24.0 Å². The summed E-state index contributed by atoms with van der Waals surface area (Å²) in [7, 11) is 1.70.